The molecule has 0 aliphatic heterocycles. The molecule has 1 atom stereocenters. The highest BCUT2D eigenvalue weighted by atomic mass is 35.5. The fourth-order valence-corrected chi connectivity index (χ4v) is 3.36. The Morgan fingerprint density at radius 1 is 1.19 bits per heavy atom. The Labute approximate surface area is 161 Å². The van der Waals surface area contributed by atoms with Crippen LogP contribution in [0.4, 0.5) is 0 Å². The highest BCUT2D eigenvalue weighted by Gasteiger charge is 2.20. The van der Waals surface area contributed by atoms with Crippen molar-refractivity contribution in [2.24, 2.45) is 0 Å². The van der Waals surface area contributed by atoms with E-state index < -0.39 is 0 Å². The fourth-order valence-electron chi connectivity index (χ4n) is 3.15. The summed E-state index contributed by atoms with van der Waals surface area (Å²) in [5.74, 6) is 0.782. The smallest absolute Gasteiger partial charge is 0.287 e. The van der Waals surface area contributed by atoms with Crippen molar-refractivity contribution in [3.05, 3.63) is 89.1 Å². The summed E-state index contributed by atoms with van der Waals surface area (Å²) in [4.78, 5) is 17.1. The van der Waals surface area contributed by atoms with E-state index in [0.717, 1.165) is 22.4 Å². The van der Waals surface area contributed by atoms with E-state index in [4.69, 9.17) is 21.0 Å². The molecule has 27 heavy (non-hydrogen) atoms. The van der Waals surface area contributed by atoms with Crippen LogP contribution in [0, 0.1) is 0 Å². The summed E-state index contributed by atoms with van der Waals surface area (Å²) in [7, 11) is 0. The lowest BCUT2D eigenvalue weighted by molar-refractivity contribution is 0.0909. The molecule has 0 unspecified atom stereocenters. The minimum atomic E-state index is -0.297. The summed E-state index contributed by atoms with van der Waals surface area (Å²) < 4.78 is 7.28. The van der Waals surface area contributed by atoms with Crippen molar-refractivity contribution in [3.63, 3.8) is 0 Å². The minimum Gasteiger partial charge on any atom is -0.459 e. The van der Waals surface area contributed by atoms with Crippen LogP contribution < -0.4 is 5.32 Å². The van der Waals surface area contributed by atoms with Crippen LogP contribution in [0.3, 0.4) is 0 Å². The van der Waals surface area contributed by atoms with Gasteiger partial charge in [0, 0.05) is 11.6 Å². The molecule has 1 amide bonds. The van der Waals surface area contributed by atoms with Gasteiger partial charge in [0.05, 0.1) is 23.3 Å². The number of fused-ring (bicyclic) bond motifs is 1. The molecule has 0 saturated heterocycles. The molecule has 2 aromatic heterocycles. The highest BCUT2D eigenvalue weighted by Crippen LogP contribution is 2.23. The molecule has 0 radical (unpaired) electrons. The van der Waals surface area contributed by atoms with Crippen LogP contribution in [0.1, 0.15) is 34.9 Å². The Kier molecular flexibility index (Phi) is 4.69. The number of hydrogen-bond acceptors (Lipinski definition) is 3. The molecule has 4 aromatic rings. The molecule has 0 aliphatic rings. The predicted octanol–water partition coefficient (Wildman–Crippen LogP) is 4.82. The van der Waals surface area contributed by atoms with Gasteiger partial charge in [0.15, 0.2) is 5.76 Å². The van der Waals surface area contributed by atoms with E-state index in [1.807, 2.05) is 55.5 Å². The number of nitrogens with zero attached hydrogens (tertiary/aromatic N) is 2. The zero-order chi connectivity index (χ0) is 18.8. The maximum atomic E-state index is 12.4. The first-order chi connectivity index (χ1) is 13.1. The molecule has 2 heterocycles. The third-order valence-corrected chi connectivity index (χ3v) is 4.63. The maximum Gasteiger partial charge on any atom is 0.287 e. The van der Waals surface area contributed by atoms with Crippen LogP contribution in [0.15, 0.2) is 71.3 Å². The number of carbonyl (C=O) groups excluding carboxylic acids is 1. The topological polar surface area (TPSA) is 60.1 Å². The molecule has 4 rings (SSSR count). The van der Waals surface area contributed by atoms with Crippen LogP contribution in [0.2, 0.25) is 5.02 Å². The third kappa shape index (κ3) is 3.59. The molecule has 2 aromatic carbocycles. The van der Waals surface area contributed by atoms with Gasteiger partial charge in [-0.05, 0) is 48.9 Å². The minimum absolute atomic E-state index is 0.270. The molecule has 0 aliphatic carbocycles. The largest absolute Gasteiger partial charge is 0.459 e. The van der Waals surface area contributed by atoms with Crippen molar-refractivity contribution >= 4 is 28.5 Å². The van der Waals surface area contributed by atoms with Crippen molar-refractivity contribution < 1.29 is 9.21 Å². The van der Waals surface area contributed by atoms with Crippen LogP contribution in [0.25, 0.3) is 11.0 Å². The van der Waals surface area contributed by atoms with Crippen molar-refractivity contribution in [3.8, 4) is 0 Å². The van der Waals surface area contributed by atoms with Gasteiger partial charge in [-0.25, -0.2) is 4.98 Å². The summed E-state index contributed by atoms with van der Waals surface area (Å²) >= 11 is 6.14. The molecule has 136 valence electrons. The van der Waals surface area contributed by atoms with Gasteiger partial charge in [0.25, 0.3) is 5.91 Å². The predicted molar refractivity (Wildman–Crippen MR) is 105 cm³/mol. The number of benzene rings is 2. The summed E-state index contributed by atoms with van der Waals surface area (Å²) in [6, 6.07) is 18.7. The summed E-state index contributed by atoms with van der Waals surface area (Å²) in [5, 5.41) is 3.65. The Morgan fingerprint density at radius 2 is 2.04 bits per heavy atom. The number of aromatic nitrogens is 2. The number of furan rings is 1. The van der Waals surface area contributed by atoms with E-state index in [1.165, 1.54) is 6.26 Å². The molecular formula is C21H18ClN3O2. The van der Waals surface area contributed by atoms with E-state index in [-0.39, 0.29) is 17.7 Å². The summed E-state index contributed by atoms with van der Waals surface area (Å²) in [5.41, 5.74) is 2.96. The average Bonchev–Trinajstić information content (AvgIpc) is 3.30. The zero-order valence-electron chi connectivity index (χ0n) is 14.7. The lowest BCUT2D eigenvalue weighted by Crippen LogP contribution is -2.28. The number of carbonyl (C=O) groups is 1. The van der Waals surface area contributed by atoms with E-state index in [0.29, 0.717) is 11.6 Å². The van der Waals surface area contributed by atoms with Crippen molar-refractivity contribution in [2.75, 3.05) is 0 Å². The lowest BCUT2D eigenvalue weighted by Gasteiger charge is -2.16. The first-order valence-corrected chi connectivity index (χ1v) is 9.03. The second-order valence-corrected chi connectivity index (χ2v) is 6.78. The SMILES string of the molecule is C[C@@H](NC(=O)c1ccco1)c1nc2ccccc2n1Cc1cccc(Cl)c1. The first kappa shape index (κ1) is 17.4. The van der Waals surface area contributed by atoms with E-state index in [2.05, 4.69) is 9.88 Å². The molecule has 0 bridgehead atoms. The van der Waals surface area contributed by atoms with Gasteiger partial charge in [0.2, 0.25) is 0 Å². The number of hydrogen-bond donors (Lipinski definition) is 1. The van der Waals surface area contributed by atoms with Crippen molar-refractivity contribution in [1.82, 2.24) is 14.9 Å². The number of amides is 1. The maximum absolute atomic E-state index is 12.4. The standard InChI is InChI=1S/C21H18ClN3O2/c1-14(23-21(26)19-10-5-11-27-19)20-24-17-8-2-3-9-18(17)25(20)13-15-6-4-7-16(22)12-15/h2-12,14H,13H2,1H3,(H,23,26)/t14-/m1/s1. The van der Waals surface area contributed by atoms with Crippen LogP contribution in [-0.2, 0) is 6.54 Å². The number of para-hydroxylation sites is 2. The van der Waals surface area contributed by atoms with E-state index >= 15 is 0 Å². The monoisotopic (exact) mass is 379 g/mol. The zero-order valence-corrected chi connectivity index (χ0v) is 15.5. The van der Waals surface area contributed by atoms with Gasteiger partial charge in [-0.15, -0.1) is 0 Å². The Balaban J connectivity index is 1.70. The summed E-state index contributed by atoms with van der Waals surface area (Å²) in [6.07, 6.45) is 1.48. The molecule has 0 fully saturated rings. The molecule has 5 nitrogen and oxygen atoms in total. The van der Waals surface area contributed by atoms with E-state index in [9.17, 15) is 4.79 Å². The second kappa shape index (κ2) is 7.29. The first-order valence-electron chi connectivity index (χ1n) is 8.66. The second-order valence-electron chi connectivity index (χ2n) is 6.35. The number of halogens is 1. The molecule has 6 heteroatoms. The van der Waals surface area contributed by atoms with Gasteiger partial charge in [-0.3, -0.25) is 4.79 Å². The Bertz CT molecular complexity index is 1090. The fraction of sp³-hybridized carbons (Fsp3) is 0.143. The number of imidazole rings is 1. The van der Waals surface area contributed by atoms with Crippen LogP contribution in [0.5, 0.6) is 0 Å². The Morgan fingerprint density at radius 3 is 2.81 bits per heavy atom. The van der Waals surface area contributed by atoms with Gasteiger partial charge in [-0.1, -0.05) is 35.9 Å². The number of rotatable bonds is 5. The quantitative estimate of drug-likeness (QED) is 0.540. The normalized spacial score (nSPS) is 12.2. The summed E-state index contributed by atoms with van der Waals surface area (Å²) in [6.45, 7) is 2.52. The lowest BCUT2D eigenvalue weighted by atomic mass is 10.2. The van der Waals surface area contributed by atoms with Crippen molar-refractivity contribution in [1.29, 1.82) is 0 Å². The number of nitrogens with one attached hydrogen (secondary N) is 1. The average molecular weight is 380 g/mol. The molecule has 0 saturated carbocycles. The van der Waals surface area contributed by atoms with Gasteiger partial charge in [0.1, 0.15) is 5.82 Å². The Hall–Kier alpha value is -3.05. The molecule has 0 spiro atoms. The van der Waals surface area contributed by atoms with Gasteiger partial charge >= 0.3 is 0 Å². The highest BCUT2D eigenvalue weighted by molar-refractivity contribution is 6.30. The van der Waals surface area contributed by atoms with Gasteiger partial charge < -0.3 is 14.3 Å². The van der Waals surface area contributed by atoms with E-state index in [1.54, 1.807) is 12.1 Å². The van der Waals surface area contributed by atoms with Crippen LogP contribution >= 0.6 is 11.6 Å². The molecule has 1 N–H and O–H groups in total. The van der Waals surface area contributed by atoms with Gasteiger partial charge in [-0.2, -0.15) is 0 Å². The molecular weight excluding hydrogens is 362 g/mol. The van der Waals surface area contributed by atoms with Crippen molar-refractivity contribution in [2.45, 2.75) is 19.5 Å². The third-order valence-electron chi connectivity index (χ3n) is 4.39. The van der Waals surface area contributed by atoms with Crippen LogP contribution in [-0.4, -0.2) is 15.5 Å².